The first-order valence-corrected chi connectivity index (χ1v) is 21.9. The van der Waals surface area contributed by atoms with Crippen LogP contribution in [0, 0.1) is 53.7 Å². The standard InChI is InChI=1S/2C25H27N3O6/c2*1-5-33-23(30)25(15-26)19(14-21(29)34-24(2,3)4)18-8-6-7-9-20(18)27-22(25)16-10-12-17(13-11-16)28(31)32/h2*6-13,19,22,27H,5,14H2,1-4H3/t2*19-,22+,25-/m10/s1. The van der Waals surface area contributed by atoms with Crippen LogP contribution in [0.3, 0.4) is 0 Å². The number of anilines is 2. The Balaban J connectivity index is 0.000000254. The number of nitrogens with one attached hydrogen (secondary N) is 2. The summed E-state index contributed by atoms with van der Waals surface area (Å²) in [5, 5.41) is 49.8. The number of nitro groups is 2. The monoisotopic (exact) mass is 930 g/mol. The third-order valence-electron chi connectivity index (χ3n) is 11.3. The van der Waals surface area contributed by atoms with Gasteiger partial charge in [0.15, 0.2) is 10.8 Å². The lowest BCUT2D eigenvalue weighted by Gasteiger charge is -2.44. The summed E-state index contributed by atoms with van der Waals surface area (Å²) in [7, 11) is 0. The van der Waals surface area contributed by atoms with Crippen molar-refractivity contribution in [3.8, 4) is 12.1 Å². The van der Waals surface area contributed by atoms with E-state index in [1.165, 1.54) is 48.5 Å². The summed E-state index contributed by atoms with van der Waals surface area (Å²) in [6.45, 7) is 13.8. The average molecular weight is 931 g/mol. The zero-order valence-electron chi connectivity index (χ0n) is 39.1. The molecule has 2 aliphatic rings. The number of non-ortho nitro benzene ring substituents is 2. The van der Waals surface area contributed by atoms with Crippen molar-refractivity contribution in [2.75, 3.05) is 23.8 Å². The number of rotatable bonds is 12. The summed E-state index contributed by atoms with van der Waals surface area (Å²) in [4.78, 5) is 73.9. The van der Waals surface area contributed by atoms with E-state index in [0.29, 0.717) is 33.6 Å². The highest BCUT2D eigenvalue weighted by Gasteiger charge is 2.60. The maximum absolute atomic E-state index is 13.5. The number of para-hydroxylation sites is 2. The molecule has 2 aliphatic heterocycles. The highest BCUT2D eigenvalue weighted by molar-refractivity contribution is 5.89. The minimum atomic E-state index is -1.84. The summed E-state index contributed by atoms with van der Waals surface area (Å²) in [6.07, 6.45) is -0.461. The second-order valence-electron chi connectivity index (χ2n) is 18.1. The van der Waals surface area contributed by atoms with Gasteiger partial charge in [0.2, 0.25) is 0 Å². The van der Waals surface area contributed by atoms with Gasteiger partial charge in [-0.1, -0.05) is 60.7 Å². The molecule has 2 N–H and O–H groups in total. The van der Waals surface area contributed by atoms with E-state index in [4.69, 9.17) is 18.9 Å². The van der Waals surface area contributed by atoms with Crippen LogP contribution in [0.5, 0.6) is 0 Å². The number of esters is 4. The van der Waals surface area contributed by atoms with Gasteiger partial charge in [-0.15, -0.1) is 0 Å². The molecule has 4 aromatic carbocycles. The van der Waals surface area contributed by atoms with E-state index < -0.39 is 79.7 Å². The summed E-state index contributed by atoms with van der Waals surface area (Å²) in [5.41, 5.74) is -1.94. The topological polar surface area (TPSA) is 263 Å². The maximum atomic E-state index is 13.5. The fourth-order valence-electron chi connectivity index (χ4n) is 8.60. The minimum absolute atomic E-state index is 0.0377. The van der Waals surface area contributed by atoms with Crippen molar-refractivity contribution in [2.24, 2.45) is 10.8 Å². The van der Waals surface area contributed by atoms with E-state index in [1.54, 1.807) is 104 Å². The number of benzene rings is 4. The van der Waals surface area contributed by atoms with Crippen LogP contribution in [0.1, 0.15) is 114 Å². The molecule has 0 bridgehead atoms. The van der Waals surface area contributed by atoms with E-state index in [1.807, 2.05) is 0 Å². The van der Waals surface area contributed by atoms with Gasteiger partial charge in [0.05, 0.1) is 60.1 Å². The van der Waals surface area contributed by atoms with Crippen molar-refractivity contribution >= 4 is 46.6 Å². The highest BCUT2D eigenvalue weighted by Crippen LogP contribution is 2.57. The van der Waals surface area contributed by atoms with Crippen molar-refractivity contribution < 1.29 is 48.0 Å². The Kier molecular flexibility index (Phi) is 15.6. The maximum Gasteiger partial charge on any atom is 0.329 e. The van der Waals surface area contributed by atoms with E-state index in [0.717, 1.165) is 0 Å². The van der Waals surface area contributed by atoms with Crippen LogP contribution < -0.4 is 10.6 Å². The molecule has 0 spiro atoms. The van der Waals surface area contributed by atoms with Gasteiger partial charge in [0, 0.05) is 47.5 Å². The second kappa shape index (κ2) is 20.8. The Morgan fingerprint density at radius 3 is 1.19 bits per heavy atom. The van der Waals surface area contributed by atoms with Gasteiger partial charge in [0.1, 0.15) is 11.2 Å². The fourth-order valence-corrected chi connectivity index (χ4v) is 8.60. The van der Waals surface area contributed by atoms with Crippen LogP contribution in [-0.2, 0) is 38.1 Å². The second-order valence-corrected chi connectivity index (χ2v) is 18.1. The number of ether oxygens (including phenoxy) is 4. The average Bonchev–Trinajstić information content (AvgIpc) is 3.28. The van der Waals surface area contributed by atoms with E-state index in [-0.39, 0.29) is 37.4 Å². The lowest BCUT2D eigenvalue weighted by molar-refractivity contribution is -0.385. The molecule has 0 saturated carbocycles. The molecule has 0 saturated heterocycles. The van der Waals surface area contributed by atoms with Crippen molar-refractivity contribution in [1.29, 1.82) is 10.5 Å². The van der Waals surface area contributed by atoms with Crippen LogP contribution in [0.2, 0.25) is 0 Å². The minimum Gasteiger partial charge on any atom is -0.465 e. The predicted molar refractivity (Wildman–Crippen MR) is 248 cm³/mol. The number of nitriles is 2. The van der Waals surface area contributed by atoms with E-state index in [9.17, 15) is 49.9 Å². The van der Waals surface area contributed by atoms with Gasteiger partial charge in [-0.2, -0.15) is 10.5 Å². The first-order chi connectivity index (χ1) is 32.1. The molecule has 0 fully saturated rings. The summed E-state index contributed by atoms with van der Waals surface area (Å²) in [6, 6.07) is 28.0. The van der Waals surface area contributed by atoms with Gasteiger partial charge in [-0.25, -0.2) is 0 Å². The molecule has 18 heteroatoms. The highest BCUT2D eigenvalue weighted by atomic mass is 16.6. The van der Waals surface area contributed by atoms with Crippen molar-refractivity contribution in [3.05, 3.63) is 140 Å². The summed E-state index contributed by atoms with van der Waals surface area (Å²) >= 11 is 0. The Morgan fingerprint density at radius 1 is 0.588 bits per heavy atom. The molecule has 6 atom stereocenters. The quantitative estimate of drug-likeness (QED) is 0.0580. The molecule has 0 radical (unpaired) electrons. The number of hydrogen-bond donors (Lipinski definition) is 2. The Labute approximate surface area is 393 Å². The van der Waals surface area contributed by atoms with Crippen molar-refractivity contribution in [1.82, 2.24) is 0 Å². The van der Waals surface area contributed by atoms with Gasteiger partial charge in [-0.05, 0) is 89.8 Å². The SMILES string of the molecule is CCOC(=O)[C@]1(C#N)[C@@H](c2ccc([N+](=O)[O-])cc2)Nc2ccccc2[C@@H]1CC(=O)OC(C)(C)C.CCOC(=O)[C@]1(C#N)[C@H](CC(=O)OC(C)(C)C)c2ccccc2N[C@H]1c1ccc([N+](=O)[O-])cc1. The molecule has 0 aliphatic carbocycles. The smallest absolute Gasteiger partial charge is 0.329 e. The van der Waals surface area contributed by atoms with Crippen LogP contribution in [0.15, 0.2) is 97.1 Å². The number of carbonyl (C=O) groups excluding carboxylic acids is 4. The molecule has 2 heterocycles. The molecule has 68 heavy (non-hydrogen) atoms. The fraction of sp³-hybridized carbons (Fsp3) is 0.400. The Hall–Kier alpha value is -7.86. The van der Waals surface area contributed by atoms with E-state index in [2.05, 4.69) is 22.8 Å². The third kappa shape index (κ3) is 10.9. The van der Waals surface area contributed by atoms with Crippen LogP contribution >= 0.6 is 0 Å². The number of hydrogen-bond acceptors (Lipinski definition) is 16. The largest absolute Gasteiger partial charge is 0.465 e. The number of carbonyl (C=O) groups is 4. The summed E-state index contributed by atoms with van der Waals surface area (Å²) < 4.78 is 21.8. The molecule has 18 nitrogen and oxygen atoms in total. The number of nitrogens with zero attached hydrogens (tertiary/aromatic N) is 4. The van der Waals surface area contributed by atoms with Crippen LogP contribution in [0.4, 0.5) is 22.7 Å². The van der Waals surface area contributed by atoms with Gasteiger partial charge in [-0.3, -0.25) is 39.4 Å². The molecule has 0 aromatic heterocycles. The molecule has 0 unspecified atom stereocenters. The number of nitro benzene ring substituents is 2. The zero-order chi connectivity index (χ0) is 50.2. The Morgan fingerprint density at radius 2 is 0.912 bits per heavy atom. The van der Waals surface area contributed by atoms with Crippen molar-refractivity contribution in [3.63, 3.8) is 0 Å². The molecule has 356 valence electrons. The van der Waals surface area contributed by atoms with Crippen molar-refractivity contribution in [2.45, 2.75) is 103 Å². The van der Waals surface area contributed by atoms with Gasteiger partial charge >= 0.3 is 23.9 Å². The molecular formula is C50H54N6O12. The normalized spacial score (nSPS) is 21.4. The summed E-state index contributed by atoms with van der Waals surface area (Å²) in [5.74, 6) is -4.44. The lowest BCUT2D eigenvalue weighted by atomic mass is 9.62. The first-order valence-electron chi connectivity index (χ1n) is 21.9. The van der Waals surface area contributed by atoms with Gasteiger partial charge in [0.25, 0.3) is 11.4 Å². The number of fused-ring (bicyclic) bond motifs is 2. The zero-order valence-corrected chi connectivity index (χ0v) is 39.1. The molecular weight excluding hydrogens is 877 g/mol. The van der Waals surface area contributed by atoms with E-state index >= 15 is 0 Å². The predicted octanol–water partition coefficient (Wildman–Crippen LogP) is 9.30. The van der Waals surface area contributed by atoms with Crippen LogP contribution in [-0.4, -0.2) is 58.1 Å². The molecule has 6 rings (SSSR count). The van der Waals surface area contributed by atoms with Gasteiger partial charge < -0.3 is 29.6 Å². The molecule has 0 amide bonds. The Bertz CT molecular complexity index is 2450. The third-order valence-corrected chi connectivity index (χ3v) is 11.3. The first kappa shape index (κ1) is 51.1. The lowest BCUT2D eigenvalue weighted by Crippen LogP contribution is -2.49. The van der Waals surface area contributed by atoms with Crippen LogP contribution in [0.25, 0.3) is 0 Å². The molecule has 4 aromatic rings.